The highest BCUT2D eigenvalue weighted by Gasteiger charge is 2.30. The van der Waals surface area contributed by atoms with Crippen LogP contribution in [-0.4, -0.2) is 63.3 Å². The number of nitrogens with one attached hydrogen (secondary N) is 1. The van der Waals surface area contributed by atoms with E-state index in [1.165, 1.54) is 9.87 Å². The Morgan fingerprint density at radius 2 is 1.48 bits per heavy atom. The number of amides is 1. The van der Waals surface area contributed by atoms with E-state index in [4.69, 9.17) is 0 Å². The molecule has 0 aliphatic carbocycles. The zero-order chi connectivity index (χ0) is 19.3. The number of likely N-dealkylation sites (N-methyl/N-ethyl adjacent to an activating group) is 1. The van der Waals surface area contributed by atoms with Gasteiger partial charge < -0.3 is 9.80 Å². The topological polar surface area (TPSA) is 62.1 Å². The van der Waals surface area contributed by atoms with Crippen LogP contribution in [0.1, 0.15) is 5.56 Å². The molecule has 0 aromatic heterocycles. The fraction of sp³-hybridized carbons (Fsp3) is 0.350. The highest BCUT2D eigenvalue weighted by molar-refractivity contribution is 7.89. The molecule has 0 radical (unpaired) electrons. The fourth-order valence-electron chi connectivity index (χ4n) is 3.30. The molecule has 1 amide bonds. The number of sulfonamides is 1. The Balaban J connectivity index is 1.52. The summed E-state index contributed by atoms with van der Waals surface area (Å²) in [5, 5.41) is 0. The van der Waals surface area contributed by atoms with Gasteiger partial charge in [-0.2, -0.15) is 4.31 Å². The minimum Gasteiger partial charge on any atom is -0.335 e. The van der Waals surface area contributed by atoms with E-state index in [1.807, 2.05) is 25.2 Å². The van der Waals surface area contributed by atoms with Crippen molar-refractivity contribution in [1.82, 2.24) is 9.21 Å². The van der Waals surface area contributed by atoms with Gasteiger partial charge in [0.05, 0.1) is 11.9 Å². The molecule has 1 aliphatic rings. The van der Waals surface area contributed by atoms with E-state index >= 15 is 0 Å². The summed E-state index contributed by atoms with van der Waals surface area (Å²) in [6.45, 7) is 2.73. The van der Waals surface area contributed by atoms with Gasteiger partial charge in [0.25, 0.3) is 5.91 Å². The van der Waals surface area contributed by atoms with Gasteiger partial charge in [-0.3, -0.25) is 4.79 Å². The minimum absolute atomic E-state index is 0.0696. The summed E-state index contributed by atoms with van der Waals surface area (Å²) in [4.78, 5) is 15.8. The van der Waals surface area contributed by atoms with Gasteiger partial charge in [-0.1, -0.05) is 48.5 Å². The van der Waals surface area contributed by atoms with Crippen molar-refractivity contribution in [2.75, 3.05) is 39.8 Å². The third-order valence-corrected chi connectivity index (χ3v) is 6.69. The van der Waals surface area contributed by atoms with Crippen molar-refractivity contribution in [1.29, 1.82) is 0 Å². The highest BCUT2D eigenvalue weighted by Crippen LogP contribution is 2.17. The van der Waals surface area contributed by atoms with E-state index in [-0.39, 0.29) is 5.91 Å². The van der Waals surface area contributed by atoms with E-state index < -0.39 is 10.0 Å². The van der Waals surface area contributed by atoms with Gasteiger partial charge in [0.1, 0.15) is 6.54 Å². The molecule has 2 aromatic carbocycles. The van der Waals surface area contributed by atoms with Crippen LogP contribution in [0.25, 0.3) is 0 Å². The van der Waals surface area contributed by atoms with Gasteiger partial charge in [0, 0.05) is 31.7 Å². The largest absolute Gasteiger partial charge is 0.335 e. The van der Waals surface area contributed by atoms with Crippen LogP contribution in [0.2, 0.25) is 0 Å². The summed E-state index contributed by atoms with van der Waals surface area (Å²) in [5.74, 6) is 0.0696. The quantitative estimate of drug-likeness (QED) is 0.771. The number of quaternary nitrogens is 1. The second kappa shape index (κ2) is 8.65. The Bertz CT molecular complexity index is 849. The number of hydrogen-bond donors (Lipinski definition) is 1. The van der Waals surface area contributed by atoms with Gasteiger partial charge in [-0.05, 0) is 12.1 Å². The average Bonchev–Trinajstić information content (AvgIpc) is 2.69. The maximum Gasteiger partial charge on any atom is 0.277 e. The Labute approximate surface area is 161 Å². The van der Waals surface area contributed by atoms with Crippen LogP contribution in [-0.2, 0) is 21.4 Å². The normalized spacial score (nSPS) is 16.9. The second-order valence-electron chi connectivity index (χ2n) is 6.89. The molecule has 144 valence electrons. The first-order valence-corrected chi connectivity index (χ1v) is 10.6. The summed E-state index contributed by atoms with van der Waals surface area (Å²) < 4.78 is 26.8. The maximum atomic E-state index is 12.7. The summed E-state index contributed by atoms with van der Waals surface area (Å²) in [5.41, 5.74) is 1.20. The van der Waals surface area contributed by atoms with Crippen LogP contribution < -0.4 is 4.90 Å². The van der Waals surface area contributed by atoms with Gasteiger partial charge >= 0.3 is 0 Å². The fourth-order valence-corrected chi connectivity index (χ4v) is 4.74. The average molecular weight is 389 g/mol. The lowest BCUT2D eigenvalue weighted by atomic mass is 10.2. The molecular weight excluding hydrogens is 362 g/mol. The molecule has 1 atom stereocenters. The van der Waals surface area contributed by atoms with Crippen LogP contribution in [0.5, 0.6) is 0 Å². The number of rotatable bonds is 6. The molecule has 1 heterocycles. The van der Waals surface area contributed by atoms with Crippen LogP contribution in [0.4, 0.5) is 0 Å². The van der Waals surface area contributed by atoms with Crippen molar-refractivity contribution in [3.63, 3.8) is 0 Å². The standard InChI is InChI=1S/C20H25N3O3S/c1-21(16-18-8-4-2-5-9-18)17-20(24)22-12-14-23(15-13-22)27(25,26)19-10-6-3-7-11-19/h2-11H,12-17H2,1H3/p+1. The molecule has 1 unspecified atom stereocenters. The van der Waals surface area contributed by atoms with Crippen LogP contribution >= 0.6 is 0 Å². The van der Waals surface area contributed by atoms with Gasteiger partial charge in [0.2, 0.25) is 10.0 Å². The second-order valence-corrected chi connectivity index (χ2v) is 8.83. The zero-order valence-corrected chi connectivity index (χ0v) is 16.4. The number of carbonyl (C=O) groups is 1. The smallest absolute Gasteiger partial charge is 0.277 e. The van der Waals surface area contributed by atoms with E-state index in [0.29, 0.717) is 37.6 Å². The number of nitrogens with zero attached hydrogens (tertiary/aromatic N) is 2. The molecule has 1 aliphatic heterocycles. The molecule has 1 fully saturated rings. The lowest BCUT2D eigenvalue weighted by molar-refractivity contribution is -0.885. The van der Waals surface area contributed by atoms with Crippen molar-refractivity contribution >= 4 is 15.9 Å². The maximum absolute atomic E-state index is 12.7. The number of benzene rings is 2. The number of hydrogen-bond acceptors (Lipinski definition) is 3. The van der Waals surface area contributed by atoms with Crippen LogP contribution in [0.15, 0.2) is 65.6 Å². The predicted octanol–water partition coefficient (Wildman–Crippen LogP) is 0.234. The molecule has 6 nitrogen and oxygen atoms in total. The van der Waals surface area contributed by atoms with Crippen molar-refractivity contribution in [2.45, 2.75) is 11.4 Å². The lowest BCUT2D eigenvalue weighted by Crippen LogP contribution is -3.09. The highest BCUT2D eigenvalue weighted by atomic mass is 32.2. The van der Waals surface area contributed by atoms with Crippen molar-refractivity contribution in [3.05, 3.63) is 66.2 Å². The monoisotopic (exact) mass is 388 g/mol. The SMILES string of the molecule is C[NH+](CC(=O)N1CCN(S(=O)(=O)c2ccccc2)CC1)Cc1ccccc1. The first-order chi connectivity index (χ1) is 13.0. The van der Waals surface area contributed by atoms with Crippen LogP contribution in [0, 0.1) is 0 Å². The predicted molar refractivity (Wildman–Crippen MR) is 104 cm³/mol. The Kier molecular flexibility index (Phi) is 6.26. The first kappa shape index (κ1) is 19.5. The lowest BCUT2D eigenvalue weighted by Gasteiger charge is -2.34. The van der Waals surface area contributed by atoms with E-state index in [1.54, 1.807) is 35.2 Å². The molecule has 7 heteroatoms. The molecule has 2 aromatic rings. The Morgan fingerprint density at radius 1 is 0.926 bits per heavy atom. The number of piperazine rings is 1. The van der Waals surface area contributed by atoms with E-state index in [9.17, 15) is 13.2 Å². The molecule has 0 bridgehead atoms. The zero-order valence-electron chi connectivity index (χ0n) is 15.5. The summed E-state index contributed by atoms with van der Waals surface area (Å²) in [7, 11) is -1.48. The van der Waals surface area contributed by atoms with Crippen molar-refractivity contribution in [3.8, 4) is 0 Å². The Morgan fingerprint density at radius 3 is 2.07 bits per heavy atom. The summed E-state index contributed by atoms with van der Waals surface area (Å²) in [6, 6.07) is 18.5. The Hall–Kier alpha value is -2.22. The third-order valence-electron chi connectivity index (χ3n) is 4.77. The van der Waals surface area contributed by atoms with Crippen LogP contribution in [0.3, 0.4) is 0 Å². The third kappa shape index (κ3) is 4.94. The minimum atomic E-state index is -3.48. The number of carbonyl (C=O) groups excluding carboxylic acids is 1. The first-order valence-electron chi connectivity index (χ1n) is 9.15. The van der Waals surface area contributed by atoms with E-state index in [0.717, 1.165) is 11.4 Å². The van der Waals surface area contributed by atoms with Crippen molar-refractivity contribution < 1.29 is 18.1 Å². The van der Waals surface area contributed by atoms with Crippen molar-refractivity contribution in [2.24, 2.45) is 0 Å². The molecule has 0 spiro atoms. The summed E-state index contributed by atoms with van der Waals surface area (Å²) in [6.07, 6.45) is 0. The molecule has 1 N–H and O–H groups in total. The molecule has 27 heavy (non-hydrogen) atoms. The van der Waals surface area contributed by atoms with Gasteiger partial charge in [0.15, 0.2) is 6.54 Å². The van der Waals surface area contributed by atoms with Gasteiger partial charge in [-0.25, -0.2) is 8.42 Å². The molecule has 1 saturated heterocycles. The molecular formula is C20H26N3O3S+. The molecule has 3 rings (SSSR count). The summed E-state index contributed by atoms with van der Waals surface area (Å²) >= 11 is 0. The van der Waals surface area contributed by atoms with E-state index in [2.05, 4.69) is 12.1 Å². The molecule has 0 saturated carbocycles. The van der Waals surface area contributed by atoms with Gasteiger partial charge in [-0.15, -0.1) is 0 Å².